The molecular formula is C25H29N5O6. The Morgan fingerprint density at radius 1 is 1.08 bits per heavy atom. The minimum absolute atomic E-state index is 0.00619. The van der Waals surface area contributed by atoms with Crippen molar-refractivity contribution in [2.45, 2.75) is 32.2 Å². The lowest BCUT2D eigenvalue weighted by molar-refractivity contribution is -0.186. The standard InChI is InChI=1S/C25H29N5O6/c1-16-24(32)28(12-18-6-9-20-21(10-18)36-15-35-20)13-22-29(16)23(31)14-27(2)30(22)25(33)26-11-17-4-7-19(34-3)8-5-17/h4-10,16,22H,11-15H2,1-3H3,(H,26,33). The summed E-state index contributed by atoms with van der Waals surface area (Å²) in [5.74, 6) is 1.69. The van der Waals surface area contributed by atoms with Crippen LogP contribution >= 0.6 is 0 Å². The van der Waals surface area contributed by atoms with Gasteiger partial charge in [-0.2, -0.15) is 0 Å². The molecule has 36 heavy (non-hydrogen) atoms. The molecule has 0 saturated carbocycles. The van der Waals surface area contributed by atoms with E-state index in [4.69, 9.17) is 14.2 Å². The maximum Gasteiger partial charge on any atom is 0.334 e. The van der Waals surface area contributed by atoms with Gasteiger partial charge in [0.15, 0.2) is 11.5 Å². The molecule has 11 heteroatoms. The number of amides is 4. The number of hydrogen-bond acceptors (Lipinski definition) is 7. The summed E-state index contributed by atoms with van der Waals surface area (Å²) >= 11 is 0. The first kappa shape index (κ1) is 23.7. The van der Waals surface area contributed by atoms with Crippen molar-refractivity contribution in [2.75, 3.05) is 34.0 Å². The molecule has 2 atom stereocenters. The van der Waals surface area contributed by atoms with Crippen molar-refractivity contribution in [3.63, 3.8) is 0 Å². The first-order valence-corrected chi connectivity index (χ1v) is 11.7. The van der Waals surface area contributed by atoms with Crippen molar-refractivity contribution in [1.82, 2.24) is 25.1 Å². The van der Waals surface area contributed by atoms with E-state index in [1.807, 2.05) is 42.5 Å². The van der Waals surface area contributed by atoms with Gasteiger partial charge in [-0.15, -0.1) is 0 Å². The molecule has 190 valence electrons. The van der Waals surface area contributed by atoms with Crippen LogP contribution in [0.4, 0.5) is 4.79 Å². The molecule has 0 aromatic heterocycles. The van der Waals surface area contributed by atoms with Gasteiger partial charge in [-0.1, -0.05) is 18.2 Å². The maximum atomic E-state index is 13.3. The summed E-state index contributed by atoms with van der Waals surface area (Å²) < 4.78 is 16.0. The van der Waals surface area contributed by atoms with E-state index < -0.39 is 12.2 Å². The van der Waals surface area contributed by atoms with Crippen LogP contribution in [0, 0.1) is 0 Å². The molecule has 2 saturated heterocycles. The monoisotopic (exact) mass is 495 g/mol. The molecule has 3 aliphatic rings. The maximum absolute atomic E-state index is 13.3. The van der Waals surface area contributed by atoms with E-state index in [-0.39, 0.29) is 37.7 Å². The van der Waals surface area contributed by atoms with Crippen LogP contribution in [0.15, 0.2) is 42.5 Å². The zero-order valence-electron chi connectivity index (χ0n) is 20.5. The molecule has 2 unspecified atom stereocenters. The highest BCUT2D eigenvalue weighted by atomic mass is 16.7. The van der Waals surface area contributed by atoms with E-state index >= 15 is 0 Å². The largest absolute Gasteiger partial charge is 0.497 e. The second kappa shape index (κ2) is 9.57. The third-order valence-corrected chi connectivity index (χ3v) is 6.71. The van der Waals surface area contributed by atoms with Crippen LogP contribution in [0.25, 0.3) is 0 Å². The number of likely N-dealkylation sites (N-methyl/N-ethyl adjacent to an activating group) is 1. The lowest BCUT2D eigenvalue weighted by atomic mass is 10.1. The number of urea groups is 1. The predicted octanol–water partition coefficient (Wildman–Crippen LogP) is 1.38. The average molecular weight is 496 g/mol. The molecule has 5 rings (SSSR count). The fourth-order valence-corrected chi connectivity index (χ4v) is 4.87. The van der Waals surface area contributed by atoms with Crippen LogP contribution in [0.2, 0.25) is 0 Å². The van der Waals surface area contributed by atoms with E-state index in [9.17, 15) is 14.4 Å². The number of hydrogen-bond donors (Lipinski definition) is 1. The van der Waals surface area contributed by atoms with Crippen LogP contribution in [0.3, 0.4) is 0 Å². The second-order valence-corrected chi connectivity index (χ2v) is 9.03. The van der Waals surface area contributed by atoms with Gasteiger partial charge in [0.1, 0.15) is 18.0 Å². The van der Waals surface area contributed by atoms with Crippen molar-refractivity contribution in [1.29, 1.82) is 0 Å². The minimum atomic E-state index is -0.698. The number of methoxy groups -OCH3 is 1. The van der Waals surface area contributed by atoms with Crippen LogP contribution in [-0.4, -0.2) is 83.9 Å². The third-order valence-electron chi connectivity index (χ3n) is 6.71. The Labute approximate surface area is 209 Å². The Balaban J connectivity index is 1.33. The van der Waals surface area contributed by atoms with E-state index in [1.165, 1.54) is 9.91 Å². The lowest BCUT2D eigenvalue weighted by Gasteiger charge is -2.53. The fraction of sp³-hybridized carbons (Fsp3) is 0.400. The first-order chi connectivity index (χ1) is 17.4. The van der Waals surface area contributed by atoms with Gasteiger partial charge in [-0.05, 0) is 42.3 Å². The molecule has 2 fully saturated rings. The molecule has 4 amide bonds. The zero-order valence-corrected chi connectivity index (χ0v) is 20.5. The Kier molecular flexibility index (Phi) is 6.31. The van der Waals surface area contributed by atoms with E-state index in [2.05, 4.69) is 5.32 Å². The van der Waals surface area contributed by atoms with Crippen molar-refractivity contribution in [3.8, 4) is 17.2 Å². The molecular weight excluding hydrogens is 466 g/mol. The minimum Gasteiger partial charge on any atom is -0.497 e. The summed E-state index contributed by atoms with van der Waals surface area (Å²) in [6.07, 6.45) is -0.631. The molecule has 1 N–H and O–H groups in total. The summed E-state index contributed by atoms with van der Waals surface area (Å²) in [5.41, 5.74) is 1.78. The lowest BCUT2D eigenvalue weighted by Crippen LogP contribution is -2.75. The summed E-state index contributed by atoms with van der Waals surface area (Å²) in [6.45, 7) is 2.70. The summed E-state index contributed by atoms with van der Waals surface area (Å²) in [5, 5.41) is 6.07. The van der Waals surface area contributed by atoms with Gasteiger partial charge in [0.05, 0.1) is 20.2 Å². The number of carbonyl (C=O) groups excluding carboxylic acids is 3. The average Bonchev–Trinajstić information content (AvgIpc) is 3.34. The van der Waals surface area contributed by atoms with Gasteiger partial charge in [0.2, 0.25) is 18.6 Å². The van der Waals surface area contributed by atoms with Gasteiger partial charge in [0.25, 0.3) is 0 Å². The van der Waals surface area contributed by atoms with Gasteiger partial charge in [-0.3, -0.25) is 9.59 Å². The molecule has 11 nitrogen and oxygen atoms in total. The van der Waals surface area contributed by atoms with Crippen LogP contribution in [0.5, 0.6) is 17.2 Å². The Morgan fingerprint density at radius 2 is 1.81 bits per heavy atom. The highest BCUT2D eigenvalue weighted by Gasteiger charge is 2.49. The number of hydrazine groups is 1. The van der Waals surface area contributed by atoms with Gasteiger partial charge < -0.3 is 29.3 Å². The molecule has 0 aliphatic carbocycles. The van der Waals surface area contributed by atoms with Crippen molar-refractivity contribution >= 4 is 17.8 Å². The van der Waals surface area contributed by atoms with Gasteiger partial charge >= 0.3 is 6.03 Å². The third kappa shape index (κ3) is 4.37. The van der Waals surface area contributed by atoms with Crippen molar-refractivity contribution in [3.05, 3.63) is 53.6 Å². The Morgan fingerprint density at radius 3 is 2.56 bits per heavy atom. The number of fused-ring (bicyclic) bond motifs is 2. The number of carbonyl (C=O) groups is 3. The fourth-order valence-electron chi connectivity index (χ4n) is 4.87. The normalized spacial score (nSPS) is 21.5. The second-order valence-electron chi connectivity index (χ2n) is 9.03. The zero-order chi connectivity index (χ0) is 25.4. The molecule has 3 heterocycles. The molecule has 2 aromatic carbocycles. The molecule has 3 aliphatic heterocycles. The SMILES string of the molecule is COc1ccc(CNC(=O)N2C3CN(Cc4ccc5c(c4)OCO5)C(=O)C(C)N3C(=O)CN2C)cc1. The highest BCUT2D eigenvalue weighted by Crippen LogP contribution is 2.33. The van der Waals surface area contributed by atoms with Crippen LogP contribution < -0.4 is 19.5 Å². The van der Waals surface area contributed by atoms with Crippen LogP contribution in [0.1, 0.15) is 18.1 Å². The summed E-state index contributed by atoms with van der Waals surface area (Å²) in [4.78, 5) is 42.7. The van der Waals surface area contributed by atoms with E-state index in [1.54, 1.807) is 31.0 Å². The molecule has 2 aromatic rings. The van der Waals surface area contributed by atoms with Crippen molar-refractivity contribution < 1.29 is 28.6 Å². The van der Waals surface area contributed by atoms with Crippen LogP contribution in [-0.2, 0) is 22.7 Å². The van der Waals surface area contributed by atoms with Gasteiger partial charge in [-0.25, -0.2) is 14.8 Å². The van der Waals surface area contributed by atoms with E-state index in [0.29, 0.717) is 24.6 Å². The smallest absolute Gasteiger partial charge is 0.334 e. The first-order valence-electron chi connectivity index (χ1n) is 11.7. The van der Waals surface area contributed by atoms with Gasteiger partial charge in [0, 0.05) is 20.1 Å². The van der Waals surface area contributed by atoms with E-state index in [0.717, 1.165) is 16.9 Å². The highest BCUT2D eigenvalue weighted by molar-refractivity contribution is 5.91. The number of nitrogens with zero attached hydrogens (tertiary/aromatic N) is 4. The number of ether oxygens (including phenoxy) is 3. The quantitative estimate of drug-likeness (QED) is 0.669. The Hall–Kier alpha value is -3.99. The number of piperazine rings is 1. The molecule has 0 bridgehead atoms. The molecule has 0 spiro atoms. The summed E-state index contributed by atoms with van der Waals surface area (Å²) in [7, 11) is 3.30. The van der Waals surface area contributed by atoms with Crippen molar-refractivity contribution in [2.24, 2.45) is 0 Å². The molecule has 0 radical (unpaired) electrons. The summed E-state index contributed by atoms with van der Waals surface area (Å²) in [6, 6.07) is 11.9. The topological polar surface area (TPSA) is 104 Å². The predicted molar refractivity (Wildman–Crippen MR) is 128 cm³/mol. The number of rotatable bonds is 5. The number of benzene rings is 2. The number of nitrogens with one attached hydrogen (secondary N) is 1. The Bertz CT molecular complexity index is 1170.